The number of pyridine rings is 1. The highest BCUT2D eigenvalue weighted by atomic mass is 16.5. The van der Waals surface area contributed by atoms with Crippen LogP contribution in [-0.2, 0) is 9.53 Å². The van der Waals surface area contributed by atoms with Gasteiger partial charge in [0.05, 0.1) is 13.2 Å². The van der Waals surface area contributed by atoms with Gasteiger partial charge in [0, 0.05) is 42.8 Å². The summed E-state index contributed by atoms with van der Waals surface area (Å²) in [6.45, 7) is 12.7. The number of rotatable bonds is 4. The molecule has 2 fully saturated rings. The van der Waals surface area contributed by atoms with Crippen LogP contribution in [0.25, 0.3) is 10.8 Å². The molecule has 2 aliphatic heterocycles. The molecule has 2 aliphatic rings. The van der Waals surface area contributed by atoms with Gasteiger partial charge in [-0.3, -0.25) is 4.79 Å². The van der Waals surface area contributed by atoms with E-state index < -0.39 is 0 Å². The Balaban J connectivity index is 1.79. The van der Waals surface area contributed by atoms with Crippen LogP contribution in [0.3, 0.4) is 0 Å². The lowest BCUT2D eigenvalue weighted by Gasteiger charge is -2.35. The molecule has 2 unspecified atom stereocenters. The molecule has 1 amide bonds. The number of nitrogens with two attached hydrogens (primary N) is 1. The maximum absolute atomic E-state index is 11.8. The lowest BCUT2D eigenvalue weighted by molar-refractivity contribution is -0.111. The molecule has 0 saturated carbocycles. The van der Waals surface area contributed by atoms with E-state index in [2.05, 4.69) is 41.6 Å². The number of anilines is 3. The molecule has 31 heavy (non-hydrogen) atoms. The van der Waals surface area contributed by atoms with Crippen molar-refractivity contribution in [2.45, 2.75) is 32.2 Å². The largest absolute Gasteiger partial charge is 0.378 e. The van der Waals surface area contributed by atoms with Gasteiger partial charge in [-0.1, -0.05) is 13.5 Å². The Labute approximate surface area is 184 Å². The van der Waals surface area contributed by atoms with Gasteiger partial charge in [-0.25, -0.2) is 4.98 Å². The van der Waals surface area contributed by atoms with Crippen molar-refractivity contribution < 1.29 is 9.53 Å². The number of benzene rings is 1. The number of carbonyl (C=O) groups is 1. The second-order valence-electron chi connectivity index (χ2n) is 9.00. The first-order valence-electron chi connectivity index (χ1n) is 11.1. The third-order valence-electron chi connectivity index (χ3n) is 6.61. The number of ether oxygens (including phenoxy) is 1. The normalized spacial score (nSPS) is 24.7. The minimum absolute atomic E-state index is 0.220. The van der Waals surface area contributed by atoms with Crippen molar-refractivity contribution in [1.29, 1.82) is 0 Å². The van der Waals surface area contributed by atoms with Crippen LogP contribution in [0.15, 0.2) is 36.9 Å². The highest BCUT2D eigenvalue weighted by Crippen LogP contribution is 2.34. The van der Waals surface area contributed by atoms with Gasteiger partial charge in [0.2, 0.25) is 5.91 Å². The molecular formula is C24H33N5O2. The summed E-state index contributed by atoms with van der Waals surface area (Å²) in [5.74, 6) is 2.13. The molecule has 4 rings (SSSR count). The number of hydrogen-bond acceptors (Lipinski definition) is 6. The number of hydrogen-bond donors (Lipinski definition) is 2. The first-order chi connectivity index (χ1) is 14.9. The summed E-state index contributed by atoms with van der Waals surface area (Å²) in [5.41, 5.74) is 7.18. The Morgan fingerprint density at radius 2 is 2.06 bits per heavy atom. The third-order valence-corrected chi connectivity index (χ3v) is 6.61. The van der Waals surface area contributed by atoms with E-state index in [4.69, 9.17) is 15.5 Å². The Bertz CT molecular complexity index is 968. The van der Waals surface area contributed by atoms with E-state index in [9.17, 15) is 4.79 Å². The van der Waals surface area contributed by atoms with Gasteiger partial charge in [0.15, 0.2) is 0 Å². The van der Waals surface area contributed by atoms with Gasteiger partial charge in [0.1, 0.15) is 11.6 Å². The van der Waals surface area contributed by atoms with Crippen molar-refractivity contribution in [2.24, 2.45) is 11.7 Å². The van der Waals surface area contributed by atoms with Gasteiger partial charge >= 0.3 is 0 Å². The standard InChI is InChI=1S/C24H33N5O2/c1-4-22(30)26-19-7-8-20-18(14-19)15-21(28-10-12-31-13-11-28)27-23(20)29-9-5-6-17(2)24(3,25)16-29/h4,7-8,14-15,17H,1,5-6,9-13,16,25H2,2-3H3,(H,26,30). The number of nitrogens with zero attached hydrogens (tertiary/aromatic N) is 3. The van der Waals surface area contributed by atoms with Crippen LogP contribution >= 0.6 is 0 Å². The van der Waals surface area contributed by atoms with E-state index >= 15 is 0 Å². The number of nitrogens with one attached hydrogen (secondary N) is 1. The van der Waals surface area contributed by atoms with Crippen LogP contribution in [0.2, 0.25) is 0 Å². The molecular weight excluding hydrogens is 390 g/mol. The van der Waals surface area contributed by atoms with Gasteiger partial charge < -0.3 is 25.6 Å². The van der Waals surface area contributed by atoms with Crippen LogP contribution in [0.5, 0.6) is 0 Å². The van der Waals surface area contributed by atoms with E-state index in [1.54, 1.807) is 0 Å². The van der Waals surface area contributed by atoms with Gasteiger partial charge in [-0.15, -0.1) is 0 Å². The quantitative estimate of drug-likeness (QED) is 0.735. The molecule has 7 heteroatoms. The van der Waals surface area contributed by atoms with E-state index in [0.717, 1.165) is 67.1 Å². The maximum Gasteiger partial charge on any atom is 0.247 e. The Kier molecular flexibility index (Phi) is 6.16. The molecule has 0 radical (unpaired) electrons. The van der Waals surface area contributed by atoms with Crippen LogP contribution in [0, 0.1) is 5.92 Å². The maximum atomic E-state index is 11.8. The molecule has 7 nitrogen and oxygen atoms in total. The van der Waals surface area contributed by atoms with Crippen LogP contribution < -0.4 is 20.9 Å². The summed E-state index contributed by atoms with van der Waals surface area (Å²) in [6, 6.07) is 8.08. The number of amides is 1. The molecule has 3 heterocycles. The predicted molar refractivity (Wildman–Crippen MR) is 127 cm³/mol. The van der Waals surface area contributed by atoms with Crippen molar-refractivity contribution in [3.63, 3.8) is 0 Å². The van der Waals surface area contributed by atoms with Crippen molar-refractivity contribution in [2.75, 3.05) is 54.5 Å². The minimum Gasteiger partial charge on any atom is -0.378 e. The van der Waals surface area contributed by atoms with Gasteiger partial charge in [-0.05, 0) is 61.4 Å². The van der Waals surface area contributed by atoms with Crippen LogP contribution in [-0.4, -0.2) is 55.8 Å². The predicted octanol–water partition coefficient (Wildman–Crippen LogP) is 3.15. The summed E-state index contributed by atoms with van der Waals surface area (Å²) >= 11 is 0. The Morgan fingerprint density at radius 1 is 1.29 bits per heavy atom. The fraction of sp³-hybridized carbons (Fsp3) is 0.500. The number of fused-ring (bicyclic) bond motifs is 1. The van der Waals surface area contributed by atoms with E-state index in [-0.39, 0.29) is 11.4 Å². The molecule has 2 aromatic rings. The minimum atomic E-state index is -0.280. The van der Waals surface area contributed by atoms with Crippen molar-refractivity contribution in [3.8, 4) is 0 Å². The van der Waals surface area contributed by atoms with Crippen molar-refractivity contribution in [3.05, 3.63) is 36.9 Å². The van der Waals surface area contributed by atoms with Crippen molar-refractivity contribution in [1.82, 2.24) is 4.98 Å². The zero-order valence-electron chi connectivity index (χ0n) is 18.6. The number of carbonyl (C=O) groups excluding carboxylic acids is 1. The van der Waals surface area contributed by atoms with Gasteiger partial charge in [-0.2, -0.15) is 0 Å². The molecule has 1 aromatic carbocycles. The average Bonchev–Trinajstić information content (AvgIpc) is 2.90. The molecule has 2 atom stereocenters. The first kappa shape index (κ1) is 21.6. The van der Waals surface area contributed by atoms with E-state index in [0.29, 0.717) is 19.1 Å². The Hall–Kier alpha value is -2.64. The molecule has 0 spiro atoms. The smallest absolute Gasteiger partial charge is 0.247 e. The summed E-state index contributed by atoms with van der Waals surface area (Å²) in [4.78, 5) is 21.5. The molecule has 1 aromatic heterocycles. The Morgan fingerprint density at radius 3 is 2.81 bits per heavy atom. The van der Waals surface area contributed by atoms with E-state index in [1.807, 2.05) is 18.2 Å². The van der Waals surface area contributed by atoms with Crippen molar-refractivity contribution >= 4 is 34.0 Å². The molecule has 166 valence electrons. The third kappa shape index (κ3) is 4.67. The SMILES string of the molecule is C=CC(=O)Nc1ccc2c(N3CCCC(C)C(C)(N)C3)nc(N3CCOCC3)cc2c1. The summed E-state index contributed by atoms with van der Waals surface area (Å²) in [5, 5.41) is 4.98. The molecule has 2 saturated heterocycles. The lowest BCUT2D eigenvalue weighted by atomic mass is 9.86. The average molecular weight is 424 g/mol. The van der Waals surface area contributed by atoms with Gasteiger partial charge in [0.25, 0.3) is 0 Å². The lowest BCUT2D eigenvalue weighted by Crippen LogP contribution is -2.51. The summed E-state index contributed by atoms with van der Waals surface area (Å²) in [7, 11) is 0. The zero-order chi connectivity index (χ0) is 22.0. The van der Waals surface area contributed by atoms with E-state index in [1.165, 1.54) is 6.08 Å². The molecule has 0 bridgehead atoms. The highest BCUT2D eigenvalue weighted by molar-refractivity contribution is 6.02. The topological polar surface area (TPSA) is 83.7 Å². The molecule has 0 aliphatic carbocycles. The monoisotopic (exact) mass is 423 g/mol. The number of morpholine rings is 1. The summed E-state index contributed by atoms with van der Waals surface area (Å²) in [6.07, 6.45) is 3.48. The zero-order valence-corrected chi connectivity index (χ0v) is 18.6. The fourth-order valence-corrected chi connectivity index (χ4v) is 4.44. The fourth-order valence-electron chi connectivity index (χ4n) is 4.44. The highest BCUT2D eigenvalue weighted by Gasteiger charge is 2.33. The first-order valence-corrected chi connectivity index (χ1v) is 11.1. The molecule has 3 N–H and O–H groups in total. The van der Waals surface area contributed by atoms with Crippen LogP contribution in [0.4, 0.5) is 17.3 Å². The number of aromatic nitrogens is 1. The van der Waals surface area contributed by atoms with Crippen LogP contribution in [0.1, 0.15) is 26.7 Å². The summed E-state index contributed by atoms with van der Waals surface area (Å²) < 4.78 is 5.53. The second kappa shape index (κ2) is 8.85. The second-order valence-corrected chi connectivity index (χ2v) is 9.00.